The van der Waals surface area contributed by atoms with E-state index >= 15 is 0 Å². The first kappa shape index (κ1) is 9.86. The van der Waals surface area contributed by atoms with Crippen LogP contribution in [0.25, 0.3) is 0 Å². The summed E-state index contributed by atoms with van der Waals surface area (Å²) < 4.78 is 0. The summed E-state index contributed by atoms with van der Waals surface area (Å²) in [6.07, 6.45) is 5.16. The van der Waals surface area contributed by atoms with Gasteiger partial charge in [0.05, 0.1) is 4.92 Å². The lowest BCUT2D eigenvalue weighted by Crippen LogP contribution is -2.23. The van der Waals surface area contributed by atoms with Crippen molar-refractivity contribution in [3.8, 4) is 0 Å². The van der Waals surface area contributed by atoms with Crippen molar-refractivity contribution < 1.29 is 4.92 Å². The zero-order chi connectivity index (χ0) is 10.7. The number of nitro groups is 1. The summed E-state index contributed by atoms with van der Waals surface area (Å²) in [5, 5.41) is 13.8. The van der Waals surface area contributed by atoms with Crippen LogP contribution < -0.4 is 5.32 Å². The predicted octanol–water partition coefficient (Wildman–Crippen LogP) is 2.19. The van der Waals surface area contributed by atoms with E-state index in [1.807, 2.05) is 12.1 Å². The van der Waals surface area contributed by atoms with Crippen LogP contribution in [-0.4, -0.2) is 11.5 Å². The molecule has 78 valence electrons. The molecule has 0 spiro atoms. The third kappa shape index (κ3) is 2.22. The first-order valence-corrected chi connectivity index (χ1v) is 4.90. The topological polar surface area (TPSA) is 55.2 Å². The van der Waals surface area contributed by atoms with Crippen LogP contribution in [0.5, 0.6) is 0 Å². The number of rotatable bonds is 2. The van der Waals surface area contributed by atoms with Gasteiger partial charge in [-0.2, -0.15) is 0 Å². The third-order valence-electron chi connectivity index (χ3n) is 2.53. The molecule has 2 rings (SSSR count). The summed E-state index contributed by atoms with van der Waals surface area (Å²) in [6, 6.07) is 7.02. The molecule has 1 unspecified atom stereocenters. The SMILES string of the molecule is O=[N+]([O-])c1ccc(C2CC=CCN2)cc1. The second kappa shape index (κ2) is 4.23. The molecular formula is C11H12N2O2. The summed E-state index contributed by atoms with van der Waals surface area (Å²) in [7, 11) is 0. The van der Waals surface area contributed by atoms with E-state index in [1.165, 1.54) is 0 Å². The summed E-state index contributed by atoms with van der Waals surface area (Å²) in [4.78, 5) is 10.1. The maximum atomic E-state index is 10.5. The van der Waals surface area contributed by atoms with Gasteiger partial charge in [-0.15, -0.1) is 0 Å². The lowest BCUT2D eigenvalue weighted by atomic mass is 10.0. The maximum absolute atomic E-state index is 10.5. The van der Waals surface area contributed by atoms with Crippen molar-refractivity contribution in [1.29, 1.82) is 0 Å². The van der Waals surface area contributed by atoms with Gasteiger partial charge in [-0.25, -0.2) is 0 Å². The van der Waals surface area contributed by atoms with Gasteiger partial charge in [-0.05, 0) is 12.0 Å². The van der Waals surface area contributed by atoms with E-state index in [2.05, 4.69) is 17.5 Å². The number of hydrogen-bond donors (Lipinski definition) is 1. The highest BCUT2D eigenvalue weighted by Gasteiger charge is 2.12. The van der Waals surface area contributed by atoms with Crippen LogP contribution in [0, 0.1) is 10.1 Å². The van der Waals surface area contributed by atoms with Gasteiger partial charge in [-0.1, -0.05) is 24.3 Å². The molecule has 0 fully saturated rings. The fraction of sp³-hybridized carbons (Fsp3) is 0.273. The Morgan fingerprint density at radius 2 is 2.00 bits per heavy atom. The van der Waals surface area contributed by atoms with Gasteiger partial charge in [0.2, 0.25) is 0 Å². The van der Waals surface area contributed by atoms with E-state index in [-0.39, 0.29) is 16.7 Å². The number of nitro benzene ring substituents is 1. The van der Waals surface area contributed by atoms with Crippen LogP contribution in [0.15, 0.2) is 36.4 Å². The summed E-state index contributed by atoms with van der Waals surface area (Å²) in [5.74, 6) is 0. The van der Waals surface area contributed by atoms with Gasteiger partial charge < -0.3 is 5.32 Å². The zero-order valence-corrected chi connectivity index (χ0v) is 8.22. The van der Waals surface area contributed by atoms with E-state index < -0.39 is 0 Å². The standard InChI is InChI=1S/C11H12N2O2/c14-13(15)10-6-4-9(5-7-10)11-3-1-2-8-12-11/h1-2,4-7,11-12H,3,8H2. The van der Waals surface area contributed by atoms with Gasteiger partial charge in [0.15, 0.2) is 0 Å². The molecule has 1 heterocycles. The molecule has 0 aliphatic carbocycles. The summed E-state index contributed by atoms with van der Waals surface area (Å²) in [5.41, 5.74) is 1.25. The van der Waals surface area contributed by atoms with Gasteiger partial charge in [-0.3, -0.25) is 10.1 Å². The molecule has 0 aromatic heterocycles. The summed E-state index contributed by atoms with van der Waals surface area (Å²) in [6.45, 7) is 0.863. The molecule has 0 saturated carbocycles. The molecule has 0 radical (unpaired) electrons. The Morgan fingerprint density at radius 3 is 2.53 bits per heavy atom. The second-order valence-electron chi connectivity index (χ2n) is 3.52. The third-order valence-corrected chi connectivity index (χ3v) is 2.53. The molecule has 4 heteroatoms. The lowest BCUT2D eigenvalue weighted by Gasteiger charge is -2.19. The smallest absolute Gasteiger partial charge is 0.269 e. The quantitative estimate of drug-likeness (QED) is 0.456. The van der Waals surface area contributed by atoms with Crippen molar-refractivity contribution in [2.45, 2.75) is 12.5 Å². The fourth-order valence-electron chi connectivity index (χ4n) is 1.69. The number of nitrogens with one attached hydrogen (secondary N) is 1. The number of nitrogens with zero attached hydrogens (tertiary/aromatic N) is 1. The molecule has 15 heavy (non-hydrogen) atoms. The van der Waals surface area contributed by atoms with Crippen LogP contribution >= 0.6 is 0 Å². The molecule has 4 nitrogen and oxygen atoms in total. The molecule has 1 aromatic carbocycles. The molecule has 1 N–H and O–H groups in total. The minimum Gasteiger partial charge on any atom is -0.306 e. The Balaban J connectivity index is 2.16. The molecule has 1 aliphatic heterocycles. The molecule has 0 amide bonds. The second-order valence-corrected chi connectivity index (χ2v) is 3.52. The molecule has 1 aliphatic rings. The predicted molar refractivity (Wildman–Crippen MR) is 57.6 cm³/mol. The van der Waals surface area contributed by atoms with Gasteiger partial charge >= 0.3 is 0 Å². The van der Waals surface area contributed by atoms with Crippen molar-refractivity contribution in [2.24, 2.45) is 0 Å². The molecule has 0 bridgehead atoms. The minimum atomic E-state index is -0.377. The van der Waals surface area contributed by atoms with Gasteiger partial charge in [0.25, 0.3) is 5.69 Å². The Hall–Kier alpha value is -1.68. The van der Waals surface area contributed by atoms with E-state index in [4.69, 9.17) is 0 Å². The van der Waals surface area contributed by atoms with E-state index in [9.17, 15) is 10.1 Å². The summed E-state index contributed by atoms with van der Waals surface area (Å²) >= 11 is 0. The highest BCUT2D eigenvalue weighted by molar-refractivity contribution is 5.34. The van der Waals surface area contributed by atoms with Gasteiger partial charge in [0, 0.05) is 24.7 Å². The first-order chi connectivity index (χ1) is 7.27. The van der Waals surface area contributed by atoms with Crippen LogP contribution in [0.1, 0.15) is 18.0 Å². The highest BCUT2D eigenvalue weighted by atomic mass is 16.6. The normalized spacial score (nSPS) is 20.1. The number of benzene rings is 1. The van der Waals surface area contributed by atoms with E-state index in [1.54, 1.807) is 12.1 Å². The van der Waals surface area contributed by atoms with Gasteiger partial charge in [0.1, 0.15) is 0 Å². The lowest BCUT2D eigenvalue weighted by molar-refractivity contribution is -0.384. The van der Waals surface area contributed by atoms with Crippen molar-refractivity contribution in [1.82, 2.24) is 5.32 Å². The average molecular weight is 204 g/mol. The Bertz CT molecular complexity index is 384. The maximum Gasteiger partial charge on any atom is 0.269 e. The highest BCUT2D eigenvalue weighted by Crippen LogP contribution is 2.21. The molecule has 0 saturated heterocycles. The molecular weight excluding hydrogens is 192 g/mol. The first-order valence-electron chi connectivity index (χ1n) is 4.90. The molecule has 1 aromatic rings. The molecule has 1 atom stereocenters. The number of non-ortho nitro benzene ring substituents is 1. The van der Waals surface area contributed by atoms with Crippen LogP contribution in [0.4, 0.5) is 5.69 Å². The van der Waals surface area contributed by atoms with Crippen LogP contribution in [0.2, 0.25) is 0 Å². The number of hydrogen-bond acceptors (Lipinski definition) is 3. The minimum absolute atomic E-state index is 0.144. The van der Waals surface area contributed by atoms with E-state index in [0.29, 0.717) is 0 Å². The Labute approximate surface area is 87.8 Å². The van der Waals surface area contributed by atoms with Crippen molar-refractivity contribution in [3.63, 3.8) is 0 Å². The van der Waals surface area contributed by atoms with E-state index in [0.717, 1.165) is 18.5 Å². The van der Waals surface area contributed by atoms with Crippen molar-refractivity contribution >= 4 is 5.69 Å². The van der Waals surface area contributed by atoms with Crippen LogP contribution in [-0.2, 0) is 0 Å². The Kier molecular flexibility index (Phi) is 2.78. The fourth-order valence-corrected chi connectivity index (χ4v) is 1.69. The average Bonchev–Trinajstić information content (AvgIpc) is 2.30. The zero-order valence-electron chi connectivity index (χ0n) is 8.22. The van der Waals surface area contributed by atoms with Crippen molar-refractivity contribution in [3.05, 3.63) is 52.1 Å². The van der Waals surface area contributed by atoms with Crippen LogP contribution in [0.3, 0.4) is 0 Å². The Morgan fingerprint density at radius 1 is 1.27 bits per heavy atom. The van der Waals surface area contributed by atoms with Crippen molar-refractivity contribution in [2.75, 3.05) is 6.54 Å². The largest absolute Gasteiger partial charge is 0.306 e. The monoisotopic (exact) mass is 204 g/mol.